The molecule has 0 saturated carbocycles. The van der Waals surface area contributed by atoms with E-state index < -0.39 is 0 Å². The molecule has 1 heteroatoms. The molecule has 0 bridgehead atoms. The van der Waals surface area contributed by atoms with E-state index >= 15 is 0 Å². The number of allylic oxidation sites excluding steroid dienone is 2. The third-order valence-electron chi connectivity index (χ3n) is 1.14. The summed E-state index contributed by atoms with van der Waals surface area (Å²) < 4.78 is 5.24. The fourth-order valence-corrected chi connectivity index (χ4v) is 0.582. The lowest BCUT2D eigenvalue weighted by atomic mass is 10.4. The van der Waals surface area contributed by atoms with Gasteiger partial charge in [0.05, 0.1) is 6.61 Å². The maximum atomic E-state index is 5.24. The average Bonchev–Trinajstić information content (AvgIpc) is 1.89. The van der Waals surface area contributed by atoms with Gasteiger partial charge in [-0.2, -0.15) is 0 Å². The highest BCUT2D eigenvalue weighted by Crippen LogP contribution is 1.97. The van der Waals surface area contributed by atoms with Crippen LogP contribution in [-0.4, -0.2) is 6.61 Å². The van der Waals surface area contributed by atoms with E-state index in [-0.39, 0.29) is 0 Å². The molecule has 0 aromatic rings. The van der Waals surface area contributed by atoms with Crippen molar-refractivity contribution in [3.05, 3.63) is 24.5 Å². The molecule has 0 aromatic heterocycles. The first-order valence-electron chi connectivity index (χ1n) is 3.75. The van der Waals surface area contributed by atoms with Crippen LogP contribution in [0.5, 0.6) is 0 Å². The van der Waals surface area contributed by atoms with Gasteiger partial charge in [0.2, 0.25) is 0 Å². The predicted molar refractivity (Wildman–Crippen MR) is 44.8 cm³/mol. The van der Waals surface area contributed by atoms with Crippen molar-refractivity contribution in [2.75, 3.05) is 6.61 Å². The molecule has 0 amide bonds. The Morgan fingerprint density at radius 1 is 1.60 bits per heavy atom. The van der Waals surface area contributed by atoms with E-state index in [1.165, 1.54) is 6.42 Å². The molecule has 0 spiro atoms. The van der Waals surface area contributed by atoms with Crippen LogP contribution < -0.4 is 0 Å². The van der Waals surface area contributed by atoms with Gasteiger partial charge in [0.1, 0.15) is 5.76 Å². The van der Waals surface area contributed by atoms with Crippen molar-refractivity contribution in [3.63, 3.8) is 0 Å². The van der Waals surface area contributed by atoms with Crippen LogP contribution in [0.2, 0.25) is 0 Å². The van der Waals surface area contributed by atoms with E-state index in [1.54, 1.807) is 0 Å². The van der Waals surface area contributed by atoms with Crippen molar-refractivity contribution in [2.45, 2.75) is 26.7 Å². The molecule has 0 aliphatic rings. The second kappa shape index (κ2) is 6.40. The first-order chi connectivity index (χ1) is 4.81. The zero-order valence-corrected chi connectivity index (χ0v) is 6.89. The Morgan fingerprint density at radius 3 is 2.80 bits per heavy atom. The normalized spacial score (nSPS) is 10.2. The van der Waals surface area contributed by atoms with Crippen LogP contribution in [0.1, 0.15) is 26.7 Å². The first-order valence-corrected chi connectivity index (χ1v) is 3.75. The monoisotopic (exact) mass is 140 g/mol. The van der Waals surface area contributed by atoms with Crippen molar-refractivity contribution in [1.29, 1.82) is 0 Å². The van der Waals surface area contributed by atoms with Crippen LogP contribution in [0.4, 0.5) is 0 Å². The van der Waals surface area contributed by atoms with Gasteiger partial charge in [-0.05, 0) is 19.4 Å². The van der Waals surface area contributed by atoms with Gasteiger partial charge in [-0.15, -0.1) is 0 Å². The Balaban J connectivity index is 3.22. The highest BCUT2D eigenvalue weighted by Gasteiger charge is 1.86. The highest BCUT2D eigenvalue weighted by atomic mass is 16.5. The highest BCUT2D eigenvalue weighted by molar-refractivity contribution is 5.05. The predicted octanol–water partition coefficient (Wildman–Crippen LogP) is 2.89. The molecule has 0 N–H and O–H groups in total. The third kappa shape index (κ3) is 5.42. The second-order valence-electron chi connectivity index (χ2n) is 2.17. The molecule has 0 fully saturated rings. The number of hydrogen-bond acceptors (Lipinski definition) is 1. The van der Waals surface area contributed by atoms with Gasteiger partial charge in [-0.25, -0.2) is 0 Å². The zero-order valence-electron chi connectivity index (χ0n) is 6.89. The zero-order chi connectivity index (χ0) is 7.82. The molecule has 58 valence electrons. The summed E-state index contributed by atoms with van der Waals surface area (Å²) in [5, 5.41) is 0. The summed E-state index contributed by atoms with van der Waals surface area (Å²) in [7, 11) is 0. The SMILES string of the molecule is C=C(/C=C\C)OCCCC. The van der Waals surface area contributed by atoms with Crippen LogP contribution in [0.3, 0.4) is 0 Å². The summed E-state index contributed by atoms with van der Waals surface area (Å²) in [6.07, 6.45) is 6.07. The van der Waals surface area contributed by atoms with Gasteiger partial charge in [0, 0.05) is 0 Å². The minimum Gasteiger partial charge on any atom is -0.494 e. The lowest BCUT2D eigenvalue weighted by Crippen LogP contribution is -1.90. The first kappa shape index (κ1) is 9.28. The quantitative estimate of drug-likeness (QED) is 0.324. The summed E-state index contributed by atoms with van der Waals surface area (Å²) in [5.74, 6) is 0.760. The minimum atomic E-state index is 0.760. The van der Waals surface area contributed by atoms with E-state index in [1.807, 2.05) is 19.1 Å². The molecular formula is C9H16O. The molecule has 0 rings (SSSR count). The molecule has 10 heavy (non-hydrogen) atoms. The van der Waals surface area contributed by atoms with Crippen LogP contribution in [0.25, 0.3) is 0 Å². The summed E-state index contributed by atoms with van der Waals surface area (Å²) in [6.45, 7) is 8.59. The van der Waals surface area contributed by atoms with Gasteiger partial charge in [-0.1, -0.05) is 26.0 Å². The van der Waals surface area contributed by atoms with Crippen molar-refractivity contribution < 1.29 is 4.74 Å². The average molecular weight is 140 g/mol. The minimum absolute atomic E-state index is 0.760. The molecule has 0 aliphatic carbocycles. The van der Waals surface area contributed by atoms with E-state index in [9.17, 15) is 0 Å². The third-order valence-corrected chi connectivity index (χ3v) is 1.14. The lowest BCUT2D eigenvalue weighted by Gasteiger charge is -2.02. The largest absolute Gasteiger partial charge is 0.494 e. The molecule has 1 nitrogen and oxygen atoms in total. The summed E-state index contributed by atoms with van der Waals surface area (Å²) in [5.41, 5.74) is 0. The molecule has 0 unspecified atom stereocenters. The van der Waals surface area contributed by atoms with Crippen LogP contribution in [0, 0.1) is 0 Å². The Morgan fingerprint density at radius 2 is 2.30 bits per heavy atom. The maximum absolute atomic E-state index is 5.24. The fourth-order valence-electron chi connectivity index (χ4n) is 0.582. The Kier molecular flexibility index (Phi) is 5.94. The molecule has 0 saturated heterocycles. The van der Waals surface area contributed by atoms with E-state index in [4.69, 9.17) is 4.74 Å². The van der Waals surface area contributed by atoms with E-state index in [0.717, 1.165) is 18.8 Å². The summed E-state index contributed by atoms with van der Waals surface area (Å²) in [6, 6.07) is 0. The van der Waals surface area contributed by atoms with E-state index in [0.29, 0.717) is 0 Å². The maximum Gasteiger partial charge on any atom is 0.111 e. The molecular weight excluding hydrogens is 124 g/mol. The fraction of sp³-hybridized carbons (Fsp3) is 0.556. The Hall–Kier alpha value is -0.720. The molecule has 0 aliphatic heterocycles. The van der Waals surface area contributed by atoms with Crippen molar-refractivity contribution >= 4 is 0 Å². The van der Waals surface area contributed by atoms with Gasteiger partial charge in [0.15, 0.2) is 0 Å². The molecule has 0 heterocycles. The number of unbranched alkanes of at least 4 members (excludes halogenated alkanes) is 1. The summed E-state index contributed by atoms with van der Waals surface area (Å²) in [4.78, 5) is 0. The summed E-state index contributed by atoms with van der Waals surface area (Å²) >= 11 is 0. The lowest BCUT2D eigenvalue weighted by molar-refractivity contribution is 0.221. The topological polar surface area (TPSA) is 9.23 Å². The van der Waals surface area contributed by atoms with Crippen molar-refractivity contribution in [1.82, 2.24) is 0 Å². The van der Waals surface area contributed by atoms with Crippen LogP contribution in [0.15, 0.2) is 24.5 Å². The number of rotatable bonds is 5. The van der Waals surface area contributed by atoms with Gasteiger partial charge >= 0.3 is 0 Å². The van der Waals surface area contributed by atoms with Crippen molar-refractivity contribution in [3.8, 4) is 0 Å². The molecule has 0 aromatic carbocycles. The molecule has 0 radical (unpaired) electrons. The standard InChI is InChI=1S/C9H16O/c1-4-6-8-10-9(3)7-5-2/h5,7H,3-4,6,8H2,1-2H3/b7-5-. The van der Waals surface area contributed by atoms with Gasteiger partial charge < -0.3 is 4.74 Å². The van der Waals surface area contributed by atoms with Gasteiger partial charge in [0.25, 0.3) is 0 Å². The number of ether oxygens (including phenoxy) is 1. The smallest absolute Gasteiger partial charge is 0.111 e. The van der Waals surface area contributed by atoms with E-state index in [2.05, 4.69) is 13.5 Å². The van der Waals surface area contributed by atoms with Crippen molar-refractivity contribution in [2.24, 2.45) is 0 Å². The Bertz CT molecular complexity index is 114. The van der Waals surface area contributed by atoms with Gasteiger partial charge in [-0.3, -0.25) is 0 Å². The van der Waals surface area contributed by atoms with Crippen LogP contribution in [-0.2, 0) is 4.74 Å². The Labute approximate surface area is 63.4 Å². The van der Waals surface area contributed by atoms with Crippen LogP contribution >= 0.6 is 0 Å². The second-order valence-corrected chi connectivity index (χ2v) is 2.17. The molecule has 0 atom stereocenters. The number of hydrogen-bond donors (Lipinski definition) is 0.